The fraction of sp³-hybridized carbons (Fsp3) is 0.222. The first-order valence-corrected chi connectivity index (χ1v) is 10.7. The highest BCUT2D eigenvalue weighted by atomic mass is 16.5. The molecule has 0 aliphatic heterocycles. The molecule has 0 fully saturated rings. The van der Waals surface area contributed by atoms with Crippen molar-refractivity contribution in [2.24, 2.45) is 0 Å². The Morgan fingerprint density at radius 2 is 1.87 bits per heavy atom. The third kappa shape index (κ3) is 5.04. The van der Waals surface area contributed by atoms with Crippen molar-refractivity contribution in [3.8, 4) is 17.0 Å². The van der Waals surface area contributed by atoms with Crippen molar-refractivity contribution in [2.45, 2.75) is 39.5 Å². The van der Waals surface area contributed by atoms with Gasteiger partial charge in [0.25, 0.3) is 0 Å². The molecule has 1 aliphatic carbocycles. The molecule has 0 unspecified atom stereocenters. The maximum absolute atomic E-state index is 9.55. The number of benzene rings is 2. The SMILES string of the molecule is CC(C)Oc1cc(CO)ccc1Cn1nc(C2=CC=CC=CC2)cc1-c1ccccc1. The van der Waals surface area contributed by atoms with Gasteiger partial charge in [-0.05, 0) is 49.1 Å². The van der Waals surface area contributed by atoms with Gasteiger partial charge in [0.2, 0.25) is 0 Å². The van der Waals surface area contributed by atoms with Gasteiger partial charge < -0.3 is 9.84 Å². The molecule has 31 heavy (non-hydrogen) atoms. The topological polar surface area (TPSA) is 47.3 Å². The van der Waals surface area contributed by atoms with Crippen LogP contribution in [0.15, 0.2) is 85.0 Å². The highest BCUT2D eigenvalue weighted by Crippen LogP contribution is 2.29. The number of aliphatic hydroxyl groups is 1. The van der Waals surface area contributed by atoms with Crippen molar-refractivity contribution in [1.29, 1.82) is 0 Å². The largest absolute Gasteiger partial charge is 0.491 e. The van der Waals surface area contributed by atoms with E-state index in [1.807, 2.05) is 61.0 Å². The molecule has 1 aromatic heterocycles. The fourth-order valence-electron chi connectivity index (χ4n) is 3.66. The van der Waals surface area contributed by atoms with Crippen LogP contribution >= 0.6 is 0 Å². The lowest BCUT2D eigenvalue weighted by molar-refractivity contribution is 0.237. The van der Waals surface area contributed by atoms with Gasteiger partial charge >= 0.3 is 0 Å². The van der Waals surface area contributed by atoms with Crippen LogP contribution in [0.1, 0.15) is 37.1 Å². The summed E-state index contributed by atoms with van der Waals surface area (Å²) in [5.41, 5.74) is 6.23. The van der Waals surface area contributed by atoms with Crippen molar-refractivity contribution in [1.82, 2.24) is 9.78 Å². The van der Waals surface area contributed by atoms with Crippen molar-refractivity contribution in [2.75, 3.05) is 0 Å². The molecule has 0 amide bonds. The zero-order valence-electron chi connectivity index (χ0n) is 18.0. The van der Waals surface area contributed by atoms with Gasteiger partial charge in [-0.15, -0.1) is 0 Å². The van der Waals surface area contributed by atoms with E-state index >= 15 is 0 Å². The van der Waals surface area contributed by atoms with Crippen molar-refractivity contribution < 1.29 is 9.84 Å². The summed E-state index contributed by atoms with van der Waals surface area (Å²) in [5.74, 6) is 0.789. The number of nitrogens with zero attached hydrogens (tertiary/aromatic N) is 2. The molecular formula is C27H28N2O2. The van der Waals surface area contributed by atoms with Gasteiger partial charge in [0.05, 0.1) is 30.6 Å². The van der Waals surface area contributed by atoms with Crippen LogP contribution in [0.2, 0.25) is 0 Å². The first-order valence-electron chi connectivity index (χ1n) is 10.7. The van der Waals surface area contributed by atoms with Gasteiger partial charge in [-0.3, -0.25) is 4.68 Å². The van der Waals surface area contributed by atoms with E-state index in [1.165, 1.54) is 5.57 Å². The van der Waals surface area contributed by atoms with E-state index in [-0.39, 0.29) is 12.7 Å². The Morgan fingerprint density at radius 1 is 1.03 bits per heavy atom. The lowest BCUT2D eigenvalue weighted by Crippen LogP contribution is -2.11. The van der Waals surface area contributed by atoms with Crippen LogP contribution in [0.5, 0.6) is 5.75 Å². The Bertz CT molecular complexity index is 1120. The lowest BCUT2D eigenvalue weighted by atomic mass is 10.1. The highest BCUT2D eigenvalue weighted by molar-refractivity contribution is 5.71. The summed E-state index contributed by atoms with van der Waals surface area (Å²) < 4.78 is 8.11. The van der Waals surface area contributed by atoms with Gasteiger partial charge in [-0.25, -0.2) is 0 Å². The van der Waals surface area contributed by atoms with Crippen molar-refractivity contribution in [3.05, 3.63) is 102 Å². The van der Waals surface area contributed by atoms with Crippen LogP contribution < -0.4 is 4.74 Å². The van der Waals surface area contributed by atoms with Gasteiger partial charge in [-0.2, -0.15) is 5.10 Å². The van der Waals surface area contributed by atoms with Gasteiger partial charge in [0, 0.05) is 5.56 Å². The lowest BCUT2D eigenvalue weighted by Gasteiger charge is -2.16. The predicted molar refractivity (Wildman–Crippen MR) is 126 cm³/mol. The quantitative estimate of drug-likeness (QED) is 0.535. The summed E-state index contributed by atoms with van der Waals surface area (Å²) in [6.45, 7) is 4.59. The third-order valence-electron chi connectivity index (χ3n) is 5.17. The first kappa shape index (κ1) is 20.9. The zero-order chi connectivity index (χ0) is 21.6. The zero-order valence-corrected chi connectivity index (χ0v) is 18.0. The van der Waals surface area contributed by atoms with Gasteiger partial charge in [0.1, 0.15) is 5.75 Å². The summed E-state index contributed by atoms with van der Waals surface area (Å²) >= 11 is 0. The molecule has 2 aromatic carbocycles. The highest BCUT2D eigenvalue weighted by Gasteiger charge is 2.16. The Kier molecular flexibility index (Phi) is 6.48. The Morgan fingerprint density at radius 3 is 2.65 bits per heavy atom. The first-order chi connectivity index (χ1) is 15.1. The van der Waals surface area contributed by atoms with Gasteiger partial charge in [0.15, 0.2) is 0 Å². The second-order valence-electron chi connectivity index (χ2n) is 7.91. The summed E-state index contributed by atoms with van der Waals surface area (Å²) in [5, 5.41) is 14.5. The molecular weight excluding hydrogens is 384 g/mol. The Labute approximate surface area is 183 Å². The van der Waals surface area contributed by atoms with E-state index in [9.17, 15) is 5.11 Å². The van der Waals surface area contributed by atoms with E-state index in [0.29, 0.717) is 6.54 Å². The normalized spacial score (nSPS) is 13.4. The second-order valence-corrected chi connectivity index (χ2v) is 7.91. The predicted octanol–water partition coefficient (Wildman–Crippen LogP) is 5.78. The van der Waals surface area contributed by atoms with Crippen molar-refractivity contribution in [3.63, 3.8) is 0 Å². The van der Waals surface area contributed by atoms with Crippen LogP contribution in [0.25, 0.3) is 16.8 Å². The van der Waals surface area contributed by atoms with Crippen LogP contribution in [-0.2, 0) is 13.2 Å². The molecule has 0 bridgehead atoms. The van der Waals surface area contributed by atoms with Crippen LogP contribution in [0.4, 0.5) is 0 Å². The molecule has 0 spiro atoms. The molecule has 1 heterocycles. The molecule has 0 radical (unpaired) electrons. The number of hydrogen-bond donors (Lipinski definition) is 1. The van der Waals surface area contributed by atoms with E-state index in [0.717, 1.165) is 40.2 Å². The maximum atomic E-state index is 9.55. The molecule has 4 heteroatoms. The molecule has 0 atom stereocenters. The summed E-state index contributed by atoms with van der Waals surface area (Å²) in [6.07, 6.45) is 11.3. The molecule has 1 aliphatic rings. The summed E-state index contributed by atoms with van der Waals surface area (Å²) in [6, 6.07) is 18.4. The monoisotopic (exact) mass is 412 g/mol. The molecule has 3 aromatic rings. The minimum Gasteiger partial charge on any atom is -0.491 e. The number of aromatic nitrogens is 2. The van der Waals surface area contributed by atoms with Crippen LogP contribution in [0, 0.1) is 0 Å². The standard InChI is InChI=1S/C27H28N2O2/c1-20(2)31-27-16-21(19-30)14-15-24(27)18-29-26(23-12-8-5-9-13-23)17-25(28-29)22-10-6-3-4-7-11-22/h3-10,12-17,20,30H,11,18-19H2,1-2H3. The minimum absolute atomic E-state index is 0.00882. The second kappa shape index (κ2) is 9.63. The fourth-order valence-corrected chi connectivity index (χ4v) is 3.66. The summed E-state index contributed by atoms with van der Waals surface area (Å²) in [4.78, 5) is 0. The number of rotatable bonds is 7. The smallest absolute Gasteiger partial charge is 0.125 e. The van der Waals surface area contributed by atoms with Crippen molar-refractivity contribution >= 4 is 5.57 Å². The molecule has 1 N–H and O–H groups in total. The maximum Gasteiger partial charge on any atom is 0.125 e. The van der Waals surface area contributed by atoms with E-state index in [1.54, 1.807) is 0 Å². The molecule has 158 valence electrons. The van der Waals surface area contributed by atoms with E-state index in [4.69, 9.17) is 9.84 Å². The number of allylic oxidation sites excluding steroid dienone is 6. The Hall–Kier alpha value is -3.37. The number of aliphatic hydroxyl groups excluding tert-OH is 1. The number of ether oxygens (including phenoxy) is 1. The number of hydrogen-bond acceptors (Lipinski definition) is 3. The average molecular weight is 413 g/mol. The van der Waals surface area contributed by atoms with E-state index < -0.39 is 0 Å². The van der Waals surface area contributed by atoms with E-state index in [2.05, 4.69) is 42.5 Å². The molecule has 4 rings (SSSR count). The van der Waals surface area contributed by atoms with Crippen LogP contribution in [0.3, 0.4) is 0 Å². The summed E-state index contributed by atoms with van der Waals surface area (Å²) in [7, 11) is 0. The average Bonchev–Trinajstić information content (AvgIpc) is 3.00. The van der Waals surface area contributed by atoms with Gasteiger partial charge in [-0.1, -0.05) is 72.8 Å². The Balaban J connectivity index is 1.76. The molecule has 0 saturated heterocycles. The minimum atomic E-state index is -0.00882. The molecule has 4 nitrogen and oxygen atoms in total. The van der Waals surface area contributed by atoms with Crippen LogP contribution in [-0.4, -0.2) is 21.0 Å². The molecule has 0 saturated carbocycles. The third-order valence-corrected chi connectivity index (χ3v) is 5.17.